The van der Waals surface area contributed by atoms with Gasteiger partial charge < -0.3 is 20.5 Å². The molecule has 2 atom stereocenters. The Morgan fingerprint density at radius 1 is 0.917 bits per heavy atom. The minimum absolute atomic E-state index is 0.00584. The molecule has 0 spiro atoms. The average Bonchev–Trinajstić information content (AvgIpc) is 2.83. The van der Waals surface area contributed by atoms with Crippen LogP contribution in [0.3, 0.4) is 0 Å². The van der Waals surface area contributed by atoms with Gasteiger partial charge in [0.2, 0.25) is 0 Å². The van der Waals surface area contributed by atoms with Crippen molar-refractivity contribution in [3.05, 3.63) is 47.5 Å². The summed E-state index contributed by atoms with van der Waals surface area (Å²) in [7, 11) is 0. The molecule has 0 bridgehead atoms. The van der Waals surface area contributed by atoms with Crippen LogP contribution < -0.4 is 15.4 Å². The van der Waals surface area contributed by atoms with Crippen LogP contribution in [0.1, 0.15) is 85.8 Å². The Morgan fingerprint density at radius 2 is 1.53 bits per heavy atom. The van der Waals surface area contributed by atoms with Gasteiger partial charge in [-0.15, -0.1) is 0 Å². The van der Waals surface area contributed by atoms with Crippen LogP contribution in [0.15, 0.2) is 36.4 Å². The van der Waals surface area contributed by atoms with E-state index in [4.69, 9.17) is 4.74 Å². The van der Waals surface area contributed by atoms with Crippen molar-refractivity contribution in [2.45, 2.75) is 97.8 Å². The van der Waals surface area contributed by atoms with E-state index < -0.39 is 24.1 Å². The lowest BCUT2D eigenvalue weighted by Crippen LogP contribution is -2.34. The van der Waals surface area contributed by atoms with Crippen molar-refractivity contribution in [3.63, 3.8) is 0 Å². The molecular weight excluding hydrogens is 459 g/mol. The molecule has 0 saturated heterocycles. The number of aromatic hydroxyl groups is 1. The summed E-state index contributed by atoms with van der Waals surface area (Å²) in [6.45, 7) is 16.0. The minimum atomic E-state index is -1.73. The topological polar surface area (TPSA) is 87.7 Å². The molecule has 2 amide bonds. The van der Waals surface area contributed by atoms with Crippen LogP contribution in [-0.4, -0.2) is 29.2 Å². The van der Waals surface area contributed by atoms with Crippen molar-refractivity contribution in [1.82, 2.24) is 0 Å². The third-order valence-corrected chi connectivity index (χ3v) is 7.07. The lowest BCUT2D eigenvalue weighted by molar-refractivity contribution is -0.123. The van der Waals surface area contributed by atoms with E-state index >= 15 is 0 Å². The molecule has 0 aliphatic carbocycles. The van der Waals surface area contributed by atoms with Gasteiger partial charge in [-0.25, -0.2) is 4.39 Å². The second-order valence-corrected chi connectivity index (χ2v) is 10.5. The fourth-order valence-corrected chi connectivity index (χ4v) is 3.64. The van der Waals surface area contributed by atoms with Gasteiger partial charge in [0.25, 0.3) is 11.8 Å². The van der Waals surface area contributed by atoms with E-state index in [0.29, 0.717) is 12.2 Å². The van der Waals surface area contributed by atoms with E-state index in [1.165, 1.54) is 23.8 Å². The van der Waals surface area contributed by atoms with E-state index in [1.807, 2.05) is 13.0 Å². The highest BCUT2D eigenvalue weighted by atomic mass is 19.1. The SMILES string of the molecule is CCC(Oc1ccc(C(C)(C)CC)cc1C(C)(C)CC)C(=O)Nc1cc(O)ccc1NC(=O)C(C)F. The van der Waals surface area contributed by atoms with Crippen molar-refractivity contribution in [1.29, 1.82) is 0 Å². The highest BCUT2D eigenvalue weighted by Crippen LogP contribution is 2.39. The Morgan fingerprint density at radius 3 is 2.08 bits per heavy atom. The molecule has 36 heavy (non-hydrogen) atoms. The average molecular weight is 501 g/mol. The number of halogens is 1. The third kappa shape index (κ3) is 6.99. The number of anilines is 2. The second kappa shape index (κ2) is 11.8. The Kier molecular flexibility index (Phi) is 9.52. The smallest absolute Gasteiger partial charge is 0.265 e. The van der Waals surface area contributed by atoms with Gasteiger partial charge in [-0.05, 0) is 60.8 Å². The molecular formula is C29H41FN2O4. The van der Waals surface area contributed by atoms with Crippen molar-refractivity contribution >= 4 is 23.2 Å². The van der Waals surface area contributed by atoms with Gasteiger partial charge in [-0.2, -0.15) is 0 Å². The Balaban J connectivity index is 2.38. The zero-order valence-electron chi connectivity index (χ0n) is 22.8. The summed E-state index contributed by atoms with van der Waals surface area (Å²) in [6, 6.07) is 10.2. The fraction of sp³-hybridized carbons (Fsp3) is 0.517. The molecule has 2 aromatic carbocycles. The van der Waals surface area contributed by atoms with E-state index in [0.717, 1.165) is 25.3 Å². The monoisotopic (exact) mass is 500 g/mol. The van der Waals surface area contributed by atoms with Gasteiger partial charge in [0.1, 0.15) is 11.5 Å². The second-order valence-electron chi connectivity index (χ2n) is 10.5. The van der Waals surface area contributed by atoms with Crippen LogP contribution in [-0.2, 0) is 20.4 Å². The molecule has 7 heteroatoms. The summed E-state index contributed by atoms with van der Waals surface area (Å²) in [5.41, 5.74) is 2.43. The maximum absolute atomic E-state index is 13.4. The highest BCUT2D eigenvalue weighted by Gasteiger charge is 2.29. The Hall–Kier alpha value is -3.09. The maximum atomic E-state index is 13.4. The van der Waals surface area contributed by atoms with Gasteiger partial charge in [-0.3, -0.25) is 9.59 Å². The first-order valence-corrected chi connectivity index (χ1v) is 12.7. The standard InChI is InChI=1S/C29H41FN2O4/c1-9-24(27(35)32-23-17-20(33)13-14-22(23)31-26(34)18(4)30)36-25-15-12-19(28(5,6)10-2)16-21(25)29(7,8)11-3/h12-18,24,33H,9-11H2,1-8H3,(H,31,34)(H,32,35). The zero-order chi connectivity index (χ0) is 27.3. The van der Waals surface area contributed by atoms with Crippen LogP contribution >= 0.6 is 0 Å². The quantitative estimate of drug-likeness (QED) is 0.294. The van der Waals surface area contributed by atoms with Gasteiger partial charge in [0.15, 0.2) is 12.3 Å². The molecule has 0 fully saturated rings. The van der Waals surface area contributed by atoms with Crippen molar-refractivity contribution < 1.29 is 23.8 Å². The fourth-order valence-electron chi connectivity index (χ4n) is 3.64. The molecule has 0 saturated carbocycles. The number of phenols is 1. The minimum Gasteiger partial charge on any atom is -0.508 e. The summed E-state index contributed by atoms with van der Waals surface area (Å²) < 4.78 is 19.7. The third-order valence-electron chi connectivity index (χ3n) is 7.07. The van der Waals surface area contributed by atoms with Crippen LogP contribution in [0.25, 0.3) is 0 Å². The number of hydrogen-bond acceptors (Lipinski definition) is 4. The molecule has 0 aromatic heterocycles. The first kappa shape index (κ1) is 29.1. The number of nitrogens with one attached hydrogen (secondary N) is 2. The number of phenolic OH excluding ortho intramolecular Hbond substituents is 1. The van der Waals surface area contributed by atoms with E-state index in [2.05, 4.69) is 64.3 Å². The predicted molar refractivity (Wildman–Crippen MR) is 144 cm³/mol. The zero-order valence-corrected chi connectivity index (χ0v) is 22.8. The molecule has 0 radical (unpaired) electrons. The largest absolute Gasteiger partial charge is 0.508 e. The highest BCUT2D eigenvalue weighted by molar-refractivity contribution is 6.02. The molecule has 0 aliphatic heterocycles. The van der Waals surface area contributed by atoms with Gasteiger partial charge in [0, 0.05) is 11.6 Å². The van der Waals surface area contributed by atoms with Crippen LogP contribution in [0, 0.1) is 0 Å². The van der Waals surface area contributed by atoms with E-state index in [1.54, 1.807) is 0 Å². The number of rotatable bonds is 11. The number of carbonyl (C=O) groups excluding carboxylic acids is 2. The summed E-state index contributed by atoms with van der Waals surface area (Å²) >= 11 is 0. The Labute approximate surface area is 214 Å². The number of hydrogen-bond donors (Lipinski definition) is 3. The van der Waals surface area contributed by atoms with Crippen molar-refractivity contribution in [2.75, 3.05) is 10.6 Å². The molecule has 0 heterocycles. The number of benzene rings is 2. The van der Waals surface area contributed by atoms with Gasteiger partial charge in [-0.1, -0.05) is 60.6 Å². The first-order valence-electron chi connectivity index (χ1n) is 12.7. The van der Waals surface area contributed by atoms with Gasteiger partial charge >= 0.3 is 0 Å². The molecule has 2 unspecified atom stereocenters. The first-order chi connectivity index (χ1) is 16.7. The normalized spacial score (nSPS) is 13.6. The summed E-state index contributed by atoms with van der Waals surface area (Å²) in [6.07, 6.45) is -0.282. The van der Waals surface area contributed by atoms with Gasteiger partial charge in [0.05, 0.1) is 11.4 Å². The predicted octanol–water partition coefficient (Wildman–Crippen LogP) is 6.86. The van der Waals surface area contributed by atoms with Crippen molar-refractivity contribution in [2.24, 2.45) is 0 Å². The van der Waals surface area contributed by atoms with Crippen molar-refractivity contribution in [3.8, 4) is 11.5 Å². The number of amides is 2. The maximum Gasteiger partial charge on any atom is 0.265 e. The molecule has 0 aliphatic rings. The molecule has 2 aromatic rings. The molecule has 6 nitrogen and oxygen atoms in total. The van der Waals surface area contributed by atoms with Crippen LogP contribution in [0.4, 0.5) is 15.8 Å². The van der Waals surface area contributed by atoms with E-state index in [9.17, 15) is 19.1 Å². The van der Waals surface area contributed by atoms with Crippen LogP contribution in [0.5, 0.6) is 11.5 Å². The Bertz CT molecular complexity index is 1080. The summed E-state index contributed by atoms with van der Waals surface area (Å²) in [5.74, 6) is -0.743. The lowest BCUT2D eigenvalue weighted by Gasteiger charge is -2.31. The number of alkyl halides is 1. The van der Waals surface area contributed by atoms with Crippen LogP contribution in [0.2, 0.25) is 0 Å². The van der Waals surface area contributed by atoms with E-state index in [-0.39, 0.29) is 28.0 Å². The number of ether oxygens (including phenoxy) is 1. The lowest BCUT2D eigenvalue weighted by atomic mass is 9.76. The molecule has 198 valence electrons. The molecule has 2 rings (SSSR count). The summed E-state index contributed by atoms with van der Waals surface area (Å²) in [4.78, 5) is 25.1. The molecule has 3 N–H and O–H groups in total. The summed E-state index contributed by atoms with van der Waals surface area (Å²) in [5, 5.41) is 15.1. The number of carbonyl (C=O) groups is 2.